The monoisotopic (exact) mass is 204 g/mol. The van der Waals surface area contributed by atoms with Gasteiger partial charge >= 0.3 is 0 Å². The van der Waals surface area contributed by atoms with Crippen molar-refractivity contribution in [3.8, 4) is 22.8 Å². The summed E-state index contributed by atoms with van der Waals surface area (Å²) >= 11 is 0. The topological polar surface area (TPSA) is 44.5 Å². The molecule has 1 aromatic carbocycles. The second kappa shape index (κ2) is 4.04. The Kier molecular flexibility index (Phi) is 2.58. The van der Waals surface area contributed by atoms with E-state index in [1.165, 1.54) is 0 Å². The molecule has 0 unspecified atom stereocenters. The zero-order valence-corrected chi connectivity index (χ0v) is 8.48. The number of methoxy groups -OCH3 is 2. The molecule has 0 saturated heterocycles. The molecular formula is C11H10NO3. The lowest BCUT2D eigenvalue weighted by molar-refractivity contribution is 0.355. The van der Waals surface area contributed by atoms with Gasteiger partial charge in [0.05, 0.1) is 14.2 Å². The van der Waals surface area contributed by atoms with E-state index in [-0.39, 0.29) is 0 Å². The minimum absolute atomic E-state index is 0.649. The molecule has 0 atom stereocenters. The molecule has 0 amide bonds. The molecule has 0 fully saturated rings. The molecule has 0 spiro atoms. The second-order valence-electron chi connectivity index (χ2n) is 2.89. The van der Waals surface area contributed by atoms with Gasteiger partial charge in [-0.1, -0.05) is 5.16 Å². The van der Waals surface area contributed by atoms with Crippen LogP contribution in [0.15, 0.2) is 28.8 Å². The molecule has 0 aliphatic heterocycles. The minimum atomic E-state index is 0.649. The number of ether oxygens (including phenoxy) is 2. The van der Waals surface area contributed by atoms with Crippen molar-refractivity contribution in [2.45, 2.75) is 0 Å². The maximum atomic E-state index is 5.18. The minimum Gasteiger partial charge on any atom is -0.493 e. The van der Waals surface area contributed by atoms with Crippen molar-refractivity contribution in [2.24, 2.45) is 0 Å². The fraction of sp³-hybridized carbons (Fsp3) is 0.182. The highest BCUT2D eigenvalue weighted by Gasteiger charge is 2.07. The van der Waals surface area contributed by atoms with Crippen LogP contribution in [0.5, 0.6) is 11.5 Å². The van der Waals surface area contributed by atoms with Gasteiger partial charge in [0.1, 0.15) is 6.20 Å². The third-order valence-electron chi connectivity index (χ3n) is 2.06. The Hall–Kier alpha value is -1.97. The van der Waals surface area contributed by atoms with Crippen LogP contribution in [-0.2, 0) is 0 Å². The molecular weight excluding hydrogens is 194 g/mol. The zero-order valence-electron chi connectivity index (χ0n) is 8.48. The number of nitrogens with zero attached hydrogens (tertiary/aromatic N) is 1. The Morgan fingerprint density at radius 1 is 1.20 bits per heavy atom. The van der Waals surface area contributed by atoms with Gasteiger partial charge < -0.3 is 14.0 Å². The van der Waals surface area contributed by atoms with Gasteiger partial charge in [-0.3, -0.25) is 0 Å². The van der Waals surface area contributed by atoms with Crippen LogP contribution < -0.4 is 9.47 Å². The van der Waals surface area contributed by atoms with Crippen molar-refractivity contribution >= 4 is 0 Å². The first-order valence-electron chi connectivity index (χ1n) is 4.40. The van der Waals surface area contributed by atoms with E-state index in [0.29, 0.717) is 17.3 Å². The van der Waals surface area contributed by atoms with Crippen molar-refractivity contribution in [3.63, 3.8) is 0 Å². The van der Waals surface area contributed by atoms with Crippen LogP contribution in [0.1, 0.15) is 0 Å². The number of rotatable bonds is 3. The van der Waals surface area contributed by atoms with Gasteiger partial charge in [0.25, 0.3) is 0 Å². The quantitative estimate of drug-likeness (QED) is 0.768. The van der Waals surface area contributed by atoms with Crippen LogP contribution in [0.4, 0.5) is 0 Å². The van der Waals surface area contributed by atoms with E-state index >= 15 is 0 Å². The summed E-state index contributed by atoms with van der Waals surface area (Å²) in [7, 11) is 3.19. The molecule has 0 aliphatic carbocycles. The average molecular weight is 204 g/mol. The highest BCUT2D eigenvalue weighted by molar-refractivity contribution is 5.62. The van der Waals surface area contributed by atoms with E-state index in [0.717, 1.165) is 5.56 Å². The van der Waals surface area contributed by atoms with Crippen molar-refractivity contribution in [1.29, 1.82) is 0 Å². The van der Waals surface area contributed by atoms with E-state index < -0.39 is 0 Å². The van der Waals surface area contributed by atoms with Crippen LogP contribution in [0.3, 0.4) is 0 Å². The van der Waals surface area contributed by atoms with Crippen molar-refractivity contribution in [1.82, 2.24) is 5.16 Å². The van der Waals surface area contributed by atoms with Gasteiger partial charge in [-0.05, 0) is 18.2 Å². The summed E-state index contributed by atoms with van der Waals surface area (Å²) in [6.45, 7) is 0. The molecule has 15 heavy (non-hydrogen) atoms. The number of hydrogen-bond donors (Lipinski definition) is 0. The van der Waals surface area contributed by atoms with Gasteiger partial charge in [-0.2, -0.15) is 0 Å². The summed E-state index contributed by atoms with van der Waals surface area (Å²) in [4.78, 5) is 0. The number of hydrogen-bond acceptors (Lipinski definition) is 4. The lowest BCUT2D eigenvalue weighted by Gasteiger charge is -2.07. The molecule has 0 N–H and O–H groups in total. The SMILES string of the molecule is COc1ccc(-c2c[c]no2)cc1OC. The number of aromatic nitrogens is 1. The Bertz CT molecular complexity index is 437. The predicted molar refractivity (Wildman–Crippen MR) is 53.9 cm³/mol. The molecule has 77 valence electrons. The van der Waals surface area contributed by atoms with Crippen LogP contribution >= 0.6 is 0 Å². The van der Waals surface area contributed by atoms with E-state index in [2.05, 4.69) is 11.4 Å². The molecule has 1 aromatic heterocycles. The van der Waals surface area contributed by atoms with Crippen LogP contribution in [0, 0.1) is 6.20 Å². The van der Waals surface area contributed by atoms with Crippen molar-refractivity contribution in [2.75, 3.05) is 14.2 Å². The Balaban J connectivity index is 2.43. The van der Waals surface area contributed by atoms with E-state index in [4.69, 9.17) is 14.0 Å². The lowest BCUT2D eigenvalue weighted by Crippen LogP contribution is -1.90. The van der Waals surface area contributed by atoms with Crippen LogP contribution in [-0.4, -0.2) is 19.4 Å². The molecule has 1 heterocycles. The molecule has 0 saturated carbocycles. The first kappa shape index (κ1) is 9.58. The average Bonchev–Trinajstić information content (AvgIpc) is 2.81. The molecule has 4 heteroatoms. The molecule has 0 bridgehead atoms. The lowest BCUT2D eigenvalue weighted by atomic mass is 10.1. The highest BCUT2D eigenvalue weighted by atomic mass is 16.5. The van der Waals surface area contributed by atoms with Gasteiger partial charge in [-0.25, -0.2) is 0 Å². The van der Waals surface area contributed by atoms with E-state index in [1.54, 1.807) is 20.3 Å². The van der Waals surface area contributed by atoms with E-state index in [1.807, 2.05) is 18.2 Å². The molecule has 4 nitrogen and oxygen atoms in total. The summed E-state index contributed by atoms with van der Waals surface area (Å²) in [5.74, 6) is 1.99. The molecule has 2 rings (SSSR count). The highest BCUT2D eigenvalue weighted by Crippen LogP contribution is 2.31. The zero-order chi connectivity index (χ0) is 10.7. The standard InChI is InChI=1S/C11H10NO3/c1-13-10-4-3-8(7-11(10)14-2)9-5-6-12-15-9/h3-5,7H,1-2H3. The maximum absolute atomic E-state index is 5.18. The van der Waals surface area contributed by atoms with E-state index in [9.17, 15) is 0 Å². The summed E-state index contributed by atoms with van der Waals surface area (Å²) < 4.78 is 15.3. The summed E-state index contributed by atoms with van der Waals surface area (Å²) in [6.07, 6.45) is 2.61. The van der Waals surface area contributed by atoms with Gasteiger partial charge in [0, 0.05) is 11.6 Å². The first-order chi connectivity index (χ1) is 7.35. The van der Waals surface area contributed by atoms with Crippen molar-refractivity contribution in [3.05, 3.63) is 30.5 Å². The van der Waals surface area contributed by atoms with Crippen molar-refractivity contribution < 1.29 is 14.0 Å². The largest absolute Gasteiger partial charge is 0.493 e. The number of benzene rings is 1. The normalized spacial score (nSPS) is 10.0. The fourth-order valence-electron chi connectivity index (χ4n) is 1.31. The predicted octanol–water partition coefficient (Wildman–Crippen LogP) is 2.16. The summed E-state index contributed by atoms with van der Waals surface area (Å²) in [5.41, 5.74) is 0.876. The molecule has 0 aliphatic rings. The third-order valence-corrected chi connectivity index (χ3v) is 2.06. The van der Waals surface area contributed by atoms with Crippen LogP contribution in [0.2, 0.25) is 0 Å². The maximum Gasteiger partial charge on any atom is 0.167 e. The van der Waals surface area contributed by atoms with Crippen LogP contribution in [0.25, 0.3) is 11.3 Å². The Morgan fingerprint density at radius 3 is 2.60 bits per heavy atom. The molecule has 1 radical (unpaired) electrons. The Labute approximate surface area is 87.4 Å². The first-order valence-corrected chi connectivity index (χ1v) is 4.40. The molecule has 2 aromatic rings. The smallest absolute Gasteiger partial charge is 0.167 e. The fourth-order valence-corrected chi connectivity index (χ4v) is 1.31. The third kappa shape index (κ3) is 1.79. The second-order valence-corrected chi connectivity index (χ2v) is 2.89. The van der Waals surface area contributed by atoms with Gasteiger partial charge in [-0.15, -0.1) is 0 Å². The van der Waals surface area contributed by atoms with Gasteiger partial charge in [0.15, 0.2) is 17.3 Å². The summed E-state index contributed by atoms with van der Waals surface area (Å²) in [6, 6.07) is 7.18. The van der Waals surface area contributed by atoms with Gasteiger partial charge in [0.2, 0.25) is 0 Å². The Morgan fingerprint density at radius 2 is 2.00 bits per heavy atom. The summed E-state index contributed by atoms with van der Waals surface area (Å²) in [5, 5.41) is 3.52.